The van der Waals surface area contributed by atoms with E-state index in [2.05, 4.69) is 31.2 Å². The van der Waals surface area contributed by atoms with E-state index in [0.717, 1.165) is 22.4 Å². The summed E-state index contributed by atoms with van der Waals surface area (Å²) in [6.07, 6.45) is -5.12. The topological polar surface area (TPSA) is 99.4 Å². The number of fused-ring (bicyclic) bond motifs is 1. The first-order valence-electron chi connectivity index (χ1n) is 9.81. The number of aryl methyl sites for hydroxylation is 1. The van der Waals surface area contributed by atoms with E-state index in [9.17, 15) is 20.4 Å². The highest BCUT2D eigenvalue weighted by Gasteiger charge is 2.44. The third-order valence-corrected chi connectivity index (χ3v) is 6.61. The zero-order chi connectivity index (χ0) is 20.5. The van der Waals surface area contributed by atoms with Crippen molar-refractivity contribution in [1.29, 1.82) is 0 Å². The second kappa shape index (κ2) is 8.73. The molecule has 0 spiro atoms. The summed E-state index contributed by atoms with van der Waals surface area (Å²) in [5.74, 6) is 0.548. The van der Waals surface area contributed by atoms with Crippen molar-refractivity contribution < 1.29 is 29.9 Å². The van der Waals surface area contributed by atoms with Crippen LogP contribution in [0.25, 0.3) is 0 Å². The Morgan fingerprint density at radius 2 is 1.69 bits per heavy atom. The quantitative estimate of drug-likeness (QED) is 0.602. The first-order valence-corrected chi connectivity index (χ1v) is 10.8. The summed E-state index contributed by atoms with van der Waals surface area (Å²) < 4.78 is 11.8. The molecule has 4 rings (SSSR count). The molecule has 29 heavy (non-hydrogen) atoms. The average Bonchev–Trinajstić information content (AvgIpc) is 2.77. The van der Waals surface area contributed by atoms with Crippen molar-refractivity contribution in [3.63, 3.8) is 0 Å². The Bertz CT molecular complexity index is 840. The zero-order valence-corrected chi connectivity index (χ0v) is 17.0. The van der Waals surface area contributed by atoms with Gasteiger partial charge in [0, 0.05) is 4.90 Å². The summed E-state index contributed by atoms with van der Waals surface area (Å²) in [7, 11) is 0. The van der Waals surface area contributed by atoms with Crippen molar-refractivity contribution in [2.75, 3.05) is 12.5 Å². The van der Waals surface area contributed by atoms with Gasteiger partial charge in [-0.25, -0.2) is 0 Å². The van der Waals surface area contributed by atoms with E-state index in [1.165, 1.54) is 5.56 Å². The van der Waals surface area contributed by atoms with E-state index in [4.69, 9.17) is 9.47 Å². The molecule has 0 bridgehead atoms. The molecule has 4 N–H and O–H groups in total. The van der Waals surface area contributed by atoms with Crippen LogP contribution in [0.1, 0.15) is 41.4 Å². The highest BCUT2D eigenvalue weighted by atomic mass is 32.2. The van der Waals surface area contributed by atoms with Crippen molar-refractivity contribution in [1.82, 2.24) is 0 Å². The number of ether oxygens (including phenoxy) is 2. The summed E-state index contributed by atoms with van der Waals surface area (Å²) in [5.41, 5.74) is 3.95. The molecule has 0 radical (unpaired) electrons. The molecular formula is C22H26O6S. The first kappa shape index (κ1) is 20.8. The van der Waals surface area contributed by atoms with Crippen LogP contribution >= 0.6 is 11.8 Å². The maximum Gasteiger partial charge on any atom is 0.113 e. The van der Waals surface area contributed by atoms with E-state index in [1.807, 2.05) is 18.2 Å². The molecule has 0 saturated carbocycles. The fourth-order valence-corrected chi connectivity index (χ4v) is 4.74. The first-order chi connectivity index (χ1) is 14.0. The Hall–Kier alpha value is -1.45. The molecule has 0 aliphatic carbocycles. The molecular weight excluding hydrogens is 392 g/mol. The van der Waals surface area contributed by atoms with Gasteiger partial charge in [-0.3, -0.25) is 0 Å². The lowest BCUT2D eigenvalue weighted by Gasteiger charge is -2.40. The van der Waals surface area contributed by atoms with Crippen molar-refractivity contribution in [2.24, 2.45) is 0 Å². The van der Waals surface area contributed by atoms with Gasteiger partial charge in [-0.05, 0) is 40.8 Å². The number of rotatable bonds is 4. The monoisotopic (exact) mass is 418 g/mol. The van der Waals surface area contributed by atoms with Gasteiger partial charge in [-0.1, -0.05) is 49.0 Å². The predicted molar refractivity (Wildman–Crippen MR) is 109 cm³/mol. The van der Waals surface area contributed by atoms with Crippen molar-refractivity contribution >= 4 is 11.8 Å². The summed E-state index contributed by atoms with van der Waals surface area (Å²) in [6.45, 7) is 1.67. The highest BCUT2D eigenvalue weighted by molar-refractivity contribution is 7.99. The predicted octanol–water partition coefficient (Wildman–Crippen LogP) is 1.93. The van der Waals surface area contributed by atoms with Crippen LogP contribution in [0, 0.1) is 0 Å². The largest absolute Gasteiger partial charge is 0.394 e. The molecule has 156 valence electrons. The van der Waals surface area contributed by atoms with E-state index in [0.29, 0.717) is 11.5 Å². The Balaban J connectivity index is 1.67. The molecule has 5 unspecified atom stereocenters. The van der Waals surface area contributed by atoms with Crippen molar-refractivity contribution in [3.05, 3.63) is 64.7 Å². The van der Waals surface area contributed by atoms with Gasteiger partial charge in [0.2, 0.25) is 0 Å². The molecule has 1 saturated heterocycles. The fraction of sp³-hybridized carbons (Fsp3) is 0.455. The summed E-state index contributed by atoms with van der Waals surface area (Å²) in [4.78, 5) is 1.09. The smallest absolute Gasteiger partial charge is 0.113 e. The number of hydrogen-bond donors (Lipinski definition) is 4. The van der Waals surface area contributed by atoms with Gasteiger partial charge >= 0.3 is 0 Å². The van der Waals surface area contributed by atoms with Crippen LogP contribution in [0.2, 0.25) is 0 Å². The third kappa shape index (κ3) is 3.96. The third-order valence-electron chi connectivity index (χ3n) is 5.68. The van der Waals surface area contributed by atoms with Crippen LogP contribution < -0.4 is 0 Å². The Morgan fingerprint density at radius 3 is 2.38 bits per heavy atom. The molecule has 2 aliphatic heterocycles. The van der Waals surface area contributed by atoms with Crippen LogP contribution in [0.4, 0.5) is 0 Å². The normalized spacial score (nSPS) is 32.0. The van der Waals surface area contributed by atoms with Gasteiger partial charge in [0.1, 0.15) is 36.6 Å². The van der Waals surface area contributed by atoms with Crippen LogP contribution in [0.15, 0.2) is 47.4 Å². The maximum atomic E-state index is 10.5. The van der Waals surface area contributed by atoms with Crippen molar-refractivity contribution in [3.8, 4) is 0 Å². The zero-order valence-electron chi connectivity index (χ0n) is 16.1. The Kier molecular flexibility index (Phi) is 6.27. The lowest BCUT2D eigenvalue weighted by Crippen LogP contribution is -2.55. The maximum absolute atomic E-state index is 10.5. The van der Waals surface area contributed by atoms with Crippen molar-refractivity contribution in [2.45, 2.75) is 54.9 Å². The van der Waals surface area contributed by atoms with Gasteiger partial charge < -0.3 is 29.9 Å². The standard InChI is InChI=1S/C22H26O6S/c1-2-12-3-5-13(6-4-12)21-15-9-14(7-8-17(15)29-11-27-21)22-20(26)19(25)18(24)16(10-23)28-22/h3-9,16,18-26H,2,10-11H2,1H3/t16?,18?,19?,20?,21-,22?/m0/s1. The number of benzene rings is 2. The van der Waals surface area contributed by atoms with Crippen LogP contribution in [0.3, 0.4) is 0 Å². The SMILES string of the molecule is CCc1ccc([C@@H]2OCSc3ccc(C4OC(CO)C(O)C(O)C4O)cc32)cc1. The molecule has 2 aliphatic rings. The summed E-state index contributed by atoms with van der Waals surface area (Å²) in [6, 6.07) is 14.1. The lowest BCUT2D eigenvalue weighted by atomic mass is 9.89. The van der Waals surface area contributed by atoms with E-state index >= 15 is 0 Å². The molecule has 0 amide bonds. The minimum absolute atomic E-state index is 0.234. The number of aliphatic hydroxyl groups is 4. The molecule has 6 nitrogen and oxygen atoms in total. The number of thioether (sulfide) groups is 1. The second-order valence-electron chi connectivity index (χ2n) is 7.45. The second-order valence-corrected chi connectivity index (χ2v) is 8.41. The Morgan fingerprint density at radius 1 is 0.966 bits per heavy atom. The number of hydrogen-bond acceptors (Lipinski definition) is 7. The van der Waals surface area contributed by atoms with E-state index < -0.39 is 37.1 Å². The summed E-state index contributed by atoms with van der Waals surface area (Å²) >= 11 is 1.60. The summed E-state index contributed by atoms with van der Waals surface area (Å²) in [5, 5.41) is 40.1. The fourth-order valence-electron chi connectivity index (χ4n) is 3.92. The minimum atomic E-state index is -1.40. The van der Waals surface area contributed by atoms with Gasteiger partial charge in [0.25, 0.3) is 0 Å². The highest BCUT2D eigenvalue weighted by Crippen LogP contribution is 2.42. The van der Waals surface area contributed by atoms with E-state index in [-0.39, 0.29) is 6.10 Å². The average molecular weight is 419 g/mol. The van der Waals surface area contributed by atoms with Gasteiger partial charge in [0.15, 0.2) is 0 Å². The molecule has 0 aromatic heterocycles. The molecule has 6 atom stereocenters. The number of aliphatic hydroxyl groups excluding tert-OH is 4. The molecule has 2 heterocycles. The van der Waals surface area contributed by atoms with Gasteiger partial charge in [0.05, 0.1) is 12.5 Å². The van der Waals surface area contributed by atoms with Gasteiger partial charge in [-0.2, -0.15) is 0 Å². The molecule has 2 aromatic rings. The van der Waals surface area contributed by atoms with Crippen LogP contribution in [-0.2, 0) is 15.9 Å². The minimum Gasteiger partial charge on any atom is -0.394 e. The van der Waals surface area contributed by atoms with Crippen LogP contribution in [-0.4, -0.2) is 57.4 Å². The molecule has 7 heteroatoms. The van der Waals surface area contributed by atoms with Crippen LogP contribution in [0.5, 0.6) is 0 Å². The van der Waals surface area contributed by atoms with Gasteiger partial charge in [-0.15, -0.1) is 0 Å². The Labute approximate surface area is 174 Å². The molecule has 2 aromatic carbocycles. The molecule has 1 fully saturated rings. The lowest BCUT2D eigenvalue weighted by molar-refractivity contribution is -0.231. The van der Waals surface area contributed by atoms with E-state index in [1.54, 1.807) is 11.8 Å².